The summed E-state index contributed by atoms with van der Waals surface area (Å²) in [7, 11) is 1.11. The number of rotatable bonds is 5. The lowest BCUT2D eigenvalue weighted by molar-refractivity contribution is 0.0743. The zero-order chi connectivity index (χ0) is 13.9. The van der Waals surface area contributed by atoms with Crippen LogP contribution in [0.5, 0.6) is 0 Å². The van der Waals surface area contributed by atoms with Gasteiger partial charge in [-0.2, -0.15) is 4.31 Å². The Labute approximate surface area is 112 Å². The molecule has 0 bridgehead atoms. The number of piperazine rings is 1. The van der Waals surface area contributed by atoms with Crippen molar-refractivity contribution in [3.8, 4) is 0 Å². The van der Waals surface area contributed by atoms with E-state index in [1.807, 2.05) is 0 Å². The highest BCUT2D eigenvalue weighted by molar-refractivity contribution is 7.88. The molecule has 1 saturated heterocycles. The molecule has 1 rings (SSSR count). The van der Waals surface area contributed by atoms with Gasteiger partial charge in [-0.05, 0) is 40.9 Å². The highest BCUT2D eigenvalue weighted by Gasteiger charge is 2.32. The summed E-state index contributed by atoms with van der Waals surface area (Å²) >= 11 is 0. The quantitative estimate of drug-likeness (QED) is 0.725. The molecule has 0 aliphatic carbocycles. The van der Waals surface area contributed by atoms with E-state index in [2.05, 4.69) is 37.7 Å². The van der Waals surface area contributed by atoms with Gasteiger partial charge in [-0.15, -0.1) is 0 Å². The van der Waals surface area contributed by atoms with Gasteiger partial charge in [-0.3, -0.25) is 4.90 Å². The molecule has 0 aromatic carbocycles. The van der Waals surface area contributed by atoms with Crippen molar-refractivity contribution in [2.24, 2.45) is 0 Å². The Balaban J connectivity index is 2.53. The molecule has 0 spiro atoms. The molecule has 1 aliphatic rings. The highest BCUT2D eigenvalue weighted by Crippen LogP contribution is 2.18. The van der Waals surface area contributed by atoms with Gasteiger partial charge in [-0.25, -0.2) is 8.42 Å². The van der Waals surface area contributed by atoms with Crippen LogP contribution in [0.3, 0.4) is 0 Å². The van der Waals surface area contributed by atoms with E-state index >= 15 is 0 Å². The Morgan fingerprint density at radius 3 is 2.06 bits per heavy atom. The van der Waals surface area contributed by atoms with E-state index < -0.39 is 10.0 Å². The molecular weight excluding hydrogens is 250 g/mol. The lowest BCUT2D eigenvalue weighted by Crippen LogP contribution is -2.58. The average molecular weight is 277 g/mol. The first-order valence-corrected chi connectivity index (χ1v) is 8.42. The van der Waals surface area contributed by atoms with Crippen LogP contribution in [-0.4, -0.2) is 81.1 Å². The van der Waals surface area contributed by atoms with Crippen molar-refractivity contribution >= 4 is 10.0 Å². The third-order valence-corrected chi connectivity index (χ3v) is 4.79. The third-order valence-electron chi connectivity index (χ3n) is 3.56. The minimum absolute atomic E-state index is 0.297. The summed E-state index contributed by atoms with van der Waals surface area (Å²) in [4.78, 5) is 4.60. The van der Waals surface area contributed by atoms with Crippen molar-refractivity contribution in [1.29, 1.82) is 0 Å². The second-order valence-electron chi connectivity index (χ2n) is 5.67. The van der Waals surface area contributed by atoms with E-state index in [0.717, 1.165) is 19.5 Å². The number of hydrogen-bond donors (Lipinski definition) is 0. The lowest BCUT2D eigenvalue weighted by Gasteiger charge is -2.43. The van der Waals surface area contributed by atoms with Gasteiger partial charge in [0.15, 0.2) is 0 Å². The molecule has 1 aliphatic heterocycles. The van der Waals surface area contributed by atoms with Gasteiger partial charge in [0.2, 0.25) is 10.0 Å². The van der Waals surface area contributed by atoms with Crippen LogP contribution < -0.4 is 0 Å². The lowest BCUT2D eigenvalue weighted by atomic mass is 10.1. The fraction of sp³-hybridized carbons (Fsp3) is 1.00. The molecule has 2 unspecified atom stereocenters. The van der Waals surface area contributed by atoms with Gasteiger partial charge >= 0.3 is 0 Å². The largest absolute Gasteiger partial charge is 0.309 e. The van der Waals surface area contributed by atoms with Crippen LogP contribution in [0.4, 0.5) is 0 Å². The van der Waals surface area contributed by atoms with E-state index in [4.69, 9.17) is 0 Å². The maximum absolute atomic E-state index is 11.6. The van der Waals surface area contributed by atoms with Gasteiger partial charge in [0.25, 0.3) is 0 Å². The maximum Gasteiger partial charge on any atom is 0.211 e. The zero-order valence-electron chi connectivity index (χ0n) is 12.3. The smallest absolute Gasteiger partial charge is 0.211 e. The monoisotopic (exact) mass is 277 g/mol. The second kappa shape index (κ2) is 6.32. The third kappa shape index (κ3) is 4.50. The van der Waals surface area contributed by atoms with Crippen molar-refractivity contribution in [1.82, 2.24) is 14.1 Å². The fourth-order valence-electron chi connectivity index (χ4n) is 2.59. The summed E-state index contributed by atoms with van der Waals surface area (Å²) in [6, 6.07) is 0.594. The molecule has 2 atom stereocenters. The molecule has 6 heteroatoms. The van der Waals surface area contributed by atoms with E-state index in [-0.39, 0.29) is 0 Å². The number of nitrogens with zero attached hydrogens (tertiary/aromatic N) is 3. The predicted octanol–water partition coefficient (Wildman–Crippen LogP) is 0.292. The Morgan fingerprint density at radius 1 is 1.17 bits per heavy atom. The summed E-state index contributed by atoms with van der Waals surface area (Å²) in [6.07, 6.45) is 2.43. The first-order valence-electron chi connectivity index (χ1n) is 6.57. The maximum atomic E-state index is 11.6. The van der Waals surface area contributed by atoms with Crippen molar-refractivity contribution < 1.29 is 8.42 Å². The molecule has 0 aromatic heterocycles. The van der Waals surface area contributed by atoms with E-state index in [1.165, 1.54) is 6.26 Å². The second-order valence-corrected chi connectivity index (χ2v) is 7.66. The van der Waals surface area contributed by atoms with Crippen LogP contribution >= 0.6 is 0 Å². The Bertz CT molecular complexity index is 344. The normalized spacial score (nSPS) is 27.9. The average Bonchev–Trinajstić information content (AvgIpc) is 2.20. The van der Waals surface area contributed by atoms with Crippen molar-refractivity contribution in [3.63, 3.8) is 0 Å². The molecular formula is C12H27N3O2S. The van der Waals surface area contributed by atoms with Crippen LogP contribution in [0, 0.1) is 0 Å². The predicted molar refractivity (Wildman–Crippen MR) is 75.2 cm³/mol. The molecule has 0 N–H and O–H groups in total. The number of hydrogen-bond acceptors (Lipinski definition) is 4. The minimum atomic E-state index is -3.05. The van der Waals surface area contributed by atoms with Gasteiger partial charge in [0.1, 0.15) is 0 Å². The van der Waals surface area contributed by atoms with Crippen LogP contribution in [-0.2, 0) is 10.0 Å². The van der Waals surface area contributed by atoms with Crippen molar-refractivity contribution in [2.75, 3.05) is 46.5 Å². The molecule has 108 valence electrons. The molecule has 18 heavy (non-hydrogen) atoms. The van der Waals surface area contributed by atoms with Crippen LogP contribution in [0.1, 0.15) is 20.3 Å². The molecule has 0 radical (unpaired) electrons. The summed E-state index contributed by atoms with van der Waals surface area (Å²) in [5, 5.41) is 0. The summed E-state index contributed by atoms with van der Waals surface area (Å²) in [5.74, 6) is 0. The summed E-state index contributed by atoms with van der Waals surface area (Å²) in [6.45, 7) is 7.58. The molecule has 5 nitrogen and oxygen atoms in total. The highest BCUT2D eigenvalue weighted by atomic mass is 32.2. The Hall–Kier alpha value is -0.170. The Morgan fingerprint density at radius 2 is 1.67 bits per heavy atom. The van der Waals surface area contributed by atoms with E-state index in [1.54, 1.807) is 4.31 Å². The van der Waals surface area contributed by atoms with Gasteiger partial charge in [0.05, 0.1) is 6.26 Å². The van der Waals surface area contributed by atoms with Gasteiger partial charge < -0.3 is 4.90 Å². The molecule has 1 fully saturated rings. The SMILES string of the molecule is CC1CN(S(C)(=O)=O)CC(C)N1CCCN(C)C. The molecule has 0 aromatic rings. The van der Waals surface area contributed by atoms with Crippen LogP contribution in [0.15, 0.2) is 0 Å². The first-order chi connectivity index (χ1) is 8.21. The van der Waals surface area contributed by atoms with E-state index in [0.29, 0.717) is 25.2 Å². The molecule has 0 saturated carbocycles. The van der Waals surface area contributed by atoms with Crippen molar-refractivity contribution in [3.05, 3.63) is 0 Å². The van der Waals surface area contributed by atoms with Gasteiger partial charge in [-0.1, -0.05) is 0 Å². The standard InChI is InChI=1S/C12H27N3O2S/c1-11-9-14(18(5,16)17)10-12(2)15(11)8-6-7-13(3)4/h11-12H,6-10H2,1-5H3. The molecule has 0 amide bonds. The molecule has 1 heterocycles. The van der Waals surface area contributed by atoms with E-state index in [9.17, 15) is 8.42 Å². The fourth-order valence-corrected chi connectivity index (χ4v) is 3.56. The van der Waals surface area contributed by atoms with Crippen molar-refractivity contribution in [2.45, 2.75) is 32.4 Å². The summed E-state index contributed by atoms with van der Waals surface area (Å²) < 4.78 is 24.8. The Kier molecular flexibility index (Phi) is 5.58. The van der Waals surface area contributed by atoms with Gasteiger partial charge in [0, 0.05) is 31.7 Å². The first kappa shape index (κ1) is 15.9. The summed E-state index contributed by atoms with van der Waals surface area (Å²) in [5.41, 5.74) is 0. The number of sulfonamides is 1. The van der Waals surface area contributed by atoms with Crippen LogP contribution in [0.25, 0.3) is 0 Å². The zero-order valence-corrected chi connectivity index (χ0v) is 13.1. The topological polar surface area (TPSA) is 43.9 Å². The van der Waals surface area contributed by atoms with Crippen LogP contribution in [0.2, 0.25) is 0 Å². The minimum Gasteiger partial charge on any atom is -0.309 e.